The Morgan fingerprint density at radius 1 is 1.57 bits per heavy atom. The van der Waals surface area contributed by atoms with Crippen LogP contribution in [-0.2, 0) is 4.74 Å². The van der Waals surface area contributed by atoms with Crippen molar-refractivity contribution in [2.24, 2.45) is 0 Å². The highest BCUT2D eigenvalue weighted by Gasteiger charge is 2.01. The number of ether oxygens (including phenoxy) is 1. The number of hydrogen-bond acceptors (Lipinski definition) is 3. The van der Waals surface area contributed by atoms with Gasteiger partial charge in [-0.25, -0.2) is 14.3 Å². The van der Waals surface area contributed by atoms with Crippen molar-refractivity contribution in [3.8, 4) is 0 Å². The molecule has 0 fully saturated rings. The van der Waals surface area contributed by atoms with Gasteiger partial charge >= 0.3 is 6.09 Å². The number of allylic oxidation sites excluding steroid dienone is 1. The lowest BCUT2D eigenvalue weighted by Gasteiger charge is -2.00. The van der Waals surface area contributed by atoms with Crippen LogP contribution >= 0.6 is 0 Å². The van der Waals surface area contributed by atoms with Crippen LogP contribution in [0.2, 0.25) is 0 Å². The topological polar surface area (TPSA) is 44.1 Å². The molecule has 0 aliphatic carbocycles. The SMILES string of the molecule is CCC/C=C\COC(=O)n1ccnc1. The van der Waals surface area contributed by atoms with Crippen LogP contribution in [0, 0.1) is 0 Å². The van der Waals surface area contributed by atoms with Crippen molar-refractivity contribution in [2.45, 2.75) is 19.8 Å². The highest BCUT2D eigenvalue weighted by Crippen LogP contribution is 1.92. The predicted molar refractivity (Wildman–Crippen MR) is 53.0 cm³/mol. The lowest BCUT2D eigenvalue weighted by atomic mass is 10.3. The summed E-state index contributed by atoms with van der Waals surface area (Å²) in [5, 5.41) is 0. The molecule has 76 valence electrons. The molecule has 0 amide bonds. The minimum Gasteiger partial charge on any atom is -0.445 e. The van der Waals surface area contributed by atoms with Gasteiger partial charge in [0.2, 0.25) is 0 Å². The quantitative estimate of drug-likeness (QED) is 0.690. The second-order valence-electron chi connectivity index (χ2n) is 2.81. The summed E-state index contributed by atoms with van der Waals surface area (Å²) in [5.74, 6) is 0. The average molecular weight is 194 g/mol. The highest BCUT2D eigenvalue weighted by atomic mass is 16.5. The zero-order valence-corrected chi connectivity index (χ0v) is 8.22. The Morgan fingerprint density at radius 2 is 2.43 bits per heavy atom. The normalized spacial score (nSPS) is 10.6. The molecule has 14 heavy (non-hydrogen) atoms. The van der Waals surface area contributed by atoms with Crippen LogP contribution in [0.3, 0.4) is 0 Å². The van der Waals surface area contributed by atoms with Gasteiger partial charge in [-0.1, -0.05) is 25.5 Å². The summed E-state index contributed by atoms with van der Waals surface area (Å²) in [6, 6.07) is 0. The van der Waals surface area contributed by atoms with Crippen molar-refractivity contribution in [1.82, 2.24) is 9.55 Å². The number of aromatic nitrogens is 2. The van der Waals surface area contributed by atoms with Crippen molar-refractivity contribution in [3.63, 3.8) is 0 Å². The lowest BCUT2D eigenvalue weighted by molar-refractivity contribution is 0.160. The Hall–Kier alpha value is -1.58. The Kier molecular flexibility index (Phi) is 4.47. The molecule has 0 aliphatic rings. The van der Waals surface area contributed by atoms with E-state index in [2.05, 4.69) is 11.9 Å². The van der Waals surface area contributed by atoms with Gasteiger partial charge in [-0.2, -0.15) is 0 Å². The van der Waals surface area contributed by atoms with Crippen molar-refractivity contribution in [3.05, 3.63) is 30.9 Å². The van der Waals surface area contributed by atoms with Crippen LogP contribution in [-0.4, -0.2) is 22.3 Å². The fourth-order valence-electron chi connectivity index (χ4n) is 0.914. The van der Waals surface area contributed by atoms with Crippen LogP contribution in [0.1, 0.15) is 19.8 Å². The summed E-state index contributed by atoms with van der Waals surface area (Å²) in [7, 11) is 0. The molecule has 0 saturated carbocycles. The third-order valence-corrected chi connectivity index (χ3v) is 1.64. The van der Waals surface area contributed by atoms with Crippen LogP contribution in [0.4, 0.5) is 4.79 Å². The van der Waals surface area contributed by atoms with E-state index in [1.54, 1.807) is 6.20 Å². The molecule has 0 saturated heterocycles. The second kappa shape index (κ2) is 5.96. The molecule has 4 nitrogen and oxygen atoms in total. The maximum atomic E-state index is 11.2. The van der Waals surface area contributed by atoms with E-state index < -0.39 is 6.09 Å². The first-order valence-corrected chi connectivity index (χ1v) is 4.64. The van der Waals surface area contributed by atoms with E-state index in [0.717, 1.165) is 12.8 Å². The average Bonchev–Trinajstić information content (AvgIpc) is 2.70. The van der Waals surface area contributed by atoms with Crippen LogP contribution < -0.4 is 0 Å². The summed E-state index contributed by atoms with van der Waals surface area (Å²) in [6.45, 7) is 2.42. The number of imidazole rings is 1. The Balaban J connectivity index is 2.22. The molecular weight excluding hydrogens is 180 g/mol. The zero-order valence-electron chi connectivity index (χ0n) is 8.22. The summed E-state index contributed by atoms with van der Waals surface area (Å²) in [6.07, 6.45) is 10.1. The lowest BCUT2D eigenvalue weighted by Crippen LogP contribution is -2.11. The number of rotatable bonds is 4. The third-order valence-electron chi connectivity index (χ3n) is 1.64. The van der Waals surface area contributed by atoms with E-state index in [9.17, 15) is 4.79 Å². The summed E-state index contributed by atoms with van der Waals surface area (Å²) >= 11 is 0. The Morgan fingerprint density at radius 3 is 3.07 bits per heavy atom. The van der Waals surface area contributed by atoms with Crippen molar-refractivity contribution < 1.29 is 9.53 Å². The van der Waals surface area contributed by atoms with E-state index in [4.69, 9.17) is 4.74 Å². The van der Waals surface area contributed by atoms with E-state index in [1.807, 2.05) is 12.2 Å². The van der Waals surface area contributed by atoms with Crippen LogP contribution in [0.25, 0.3) is 0 Å². The van der Waals surface area contributed by atoms with Gasteiger partial charge in [-0.15, -0.1) is 0 Å². The van der Waals surface area contributed by atoms with Gasteiger partial charge in [-0.05, 0) is 6.42 Å². The first-order chi connectivity index (χ1) is 6.84. The van der Waals surface area contributed by atoms with Gasteiger partial charge in [0.05, 0.1) is 0 Å². The summed E-state index contributed by atoms with van der Waals surface area (Å²) in [5.41, 5.74) is 0. The fourth-order valence-corrected chi connectivity index (χ4v) is 0.914. The van der Waals surface area contributed by atoms with E-state index in [0.29, 0.717) is 6.61 Å². The number of hydrogen-bond donors (Lipinski definition) is 0. The molecule has 1 rings (SSSR count). The molecule has 1 heterocycles. The van der Waals surface area contributed by atoms with Gasteiger partial charge in [0.25, 0.3) is 0 Å². The highest BCUT2D eigenvalue weighted by molar-refractivity contribution is 5.70. The number of unbranched alkanes of at least 4 members (excludes halogenated alkanes) is 1. The molecule has 0 N–H and O–H groups in total. The number of carbonyl (C=O) groups is 1. The maximum absolute atomic E-state index is 11.2. The third kappa shape index (κ3) is 3.43. The molecule has 0 atom stereocenters. The zero-order chi connectivity index (χ0) is 10.2. The Bertz CT molecular complexity index is 291. The first-order valence-electron chi connectivity index (χ1n) is 4.64. The molecule has 4 heteroatoms. The van der Waals surface area contributed by atoms with E-state index in [1.165, 1.54) is 17.1 Å². The minimum absolute atomic E-state index is 0.316. The minimum atomic E-state index is -0.399. The maximum Gasteiger partial charge on any atom is 0.419 e. The van der Waals surface area contributed by atoms with Crippen molar-refractivity contribution >= 4 is 6.09 Å². The fraction of sp³-hybridized carbons (Fsp3) is 0.400. The summed E-state index contributed by atoms with van der Waals surface area (Å²) < 4.78 is 6.23. The van der Waals surface area contributed by atoms with E-state index >= 15 is 0 Å². The van der Waals surface area contributed by atoms with Gasteiger partial charge in [-0.3, -0.25) is 0 Å². The molecule has 0 aliphatic heterocycles. The number of carbonyl (C=O) groups excluding carboxylic acids is 1. The molecule has 0 aromatic carbocycles. The van der Waals surface area contributed by atoms with E-state index in [-0.39, 0.29) is 0 Å². The molecule has 0 unspecified atom stereocenters. The molecule has 0 radical (unpaired) electrons. The monoisotopic (exact) mass is 194 g/mol. The number of nitrogens with zero attached hydrogens (tertiary/aromatic N) is 2. The Labute approximate surface area is 83.2 Å². The predicted octanol–water partition coefficient (Wildman–Crippen LogP) is 2.22. The van der Waals surface area contributed by atoms with Crippen LogP contribution in [0.15, 0.2) is 30.9 Å². The smallest absolute Gasteiger partial charge is 0.419 e. The largest absolute Gasteiger partial charge is 0.445 e. The van der Waals surface area contributed by atoms with Gasteiger partial charge in [0.1, 0.15) is 12.9 Å². The van der Waals surface area contributed by atoms with Gasteiger partial charge in [0.15, 0.2) is 0 Å². The molecule has 1 aromatic heterocycles. The van der Waals surface area contributed by atoms with Gasteiger partial charge < -0.3 is 4.74 Å². The standard InChI is InChI=1S/C10H14N2O2/c1-2-3-4-5-8-14-10(13)12-7-6-11-9-12/h4-7,9H,2-3,8H2,1H3/b5-4-. The molecule has 0 bridgehead atoms. The van der Waals surface area contributed by atoms with Crippen LogP contribution in [0.5, 0.6) is 0 Å². The van der Waals surface area contributed by atoms with Crippen molar-refractivity contribution in [1.29, 1.82) is 0 Å². The molecular formula is C10H14N2O2. The molecule has 1 aromatic rings. The molecule has 0 spiro atoms. The van der Waals surface area contributed by atoms with Gasteiger partial charge in [0, 0.05) is 12.4 Å². The first kappa shape index (κ1) is 10.5. The van der Waals surface area contributed by atoms with Crippen molar-refractivity contribution in [2.75, 3.05) is 6.61 Å². The second-order valence-corrected chi connectivity index (χ2v) is 2.81. The summed E-state index contributed by atoms with van der Waals surface area (Å²) in [4.78, 5) is 15.0.